The fourth-order valence-corrected chi connectivity index (χ4v) is 6.96. The van der Waals surface area contributed by atoms with Gasteiger partial charge in [-0.2, -0.15) is 0 Å². The summed E-state index contributed by atoms with van der Waals surface area (Å²) >= 11 is 5.60. The third-order valence-electron chi connectivity index (χ3n) is 8.32. The van der Waals surface area contributed by atoms with Crippen molar-refractivity contribution in [3.8, 4) is 0 Å². The lowest BCUT2D eigenvalue weighted by atomic mass is 9.65. The average molecular weight is 490 g/mol. The SMILES string of the molecule is CNC[C@H](CC1CCCCC1)C1C([C@@](O)(CCCCOC)c2ccccc2)CCCN1C(N)=S. The summed E-state index contributed by atoms with van der Waals surface area (Å²) in [7, 11) is 3.79. The number of nitrogens with two attached hydrogens (primary N) is 1. The Hall–Kier alpha value is -1.21. The summed E-state index contributed by atoms with van der Waals surface area (Å²) in [6, 6.07) is 10.5. The molecule has 34 heavy (non-hydrogen) atoms. The lowest BCUT2D eigenvalue weighted by Crippen LogP contribution is -2.60. The van der Waals surface area contributed by atoms with Crippen molar-refractivity contribution in [2.24, 2.45) is 23.5 Å². The smallest absolute Gasteiger partial charge is 0.166 e. The van der Waals surface area contributed by atoms with Gasteiger partial charge in [0.2, 0.25) is 0 Å². The van der Waals surface area contributed by atoms with Crippen LogP contribution in [0.25, 0.3) is 0 Å². The van der Waals surface area contributed by atoms with E-state index >= 15 is 0 Å². The lowest BCUT2D eigenvalue weighted by Gasteiger charge is -2.52. The van der Waals surface area contributed by atoms with Crippen LogP contribution in [0.3, 0.4) is 0 Å². The van der Waals surface area contributed by atoms with Crippen LogP contribution in [0.15, 0.2) is 30.3 Å². The summed E-state index contributed by atoms with van der Waals surface area (Å²) in [5.74, 6) is 1.23. The molecule has 2 unspecified atom stereocenters. The molecule has 1 aliphatic carbocycles. The standard InChI is InChI=1S/C28H47N3O2S/c1-30-21-23(20-22-12-5-3-6-13-22)26-25(16-11-18-31(26)27(29)34)28(32,17-9-10-19-33-2)24-14-7-4-8-15-24/h4,7-8,14-15,22-23,25-26,30,32H,3,5-6,9-13,16-21H2,1-2H3,(H2,29,34)/t23-,25?,26?,28+/m0/s1. The summed E-state index contributed by atoms with van der Waals surface area (Å²) in [5.41, 5.74) is 6.45. The minimum atomic E-state index is -0.915. The highest BCUT2D eigenvalue weighted by Crippen LogP contribution is 2.46. The second kappa shape index (κ2) is 13.8. The minimum absolute atomic E-state index is 0.0784. The maximum atomic E-state index is 12.5. The Labute approximate surface area is 212 Å². The van der Waals surface area contributed by atoms with Gasteiger partial charge in [-0.3, -0.25) is 0 Å². The Morgan fingerprint density at radius 2 is 1.91 bits per heavy atom. The van der Waals surface area contributed by atoms with Crippen molar-refractivity contribution in [3.05, 3.63) is 35.9 Å². The van der Waals surface area contributed by atoms with Gasteiger partial charge in [-0.05, 0) is 81.7 Å². The van der Waals surface area contributed by atoms with Gasteiger partial charge in [0.1, 0.15) is 0 Å². The molecule has 0 spiro atoms. The summed E-state index contributed by atoms with van der Waals surface area (Å²) in [5, 5.41) is 16.5. The molecule has 0 amide bonds. The first-order valence-electron chi connectivity index (χ1n) is 13.5. The predicted octanol–water partition coefficient (Wildman–Crippen LogP) is 4.82. The third kappa shape index (κ3) is 6.93. The van der Waals surface area contributed by atoms with Crippen LogP contribution in [0.1, 0.15) is 76.2 Å². The Bertz CT molecular complexity index is 728. The number of aliphatic hydroxyl groups is 1. The monoisotopic (exact) mass is 489 g/mol. The number of unbranched alkanes of at least 4 members (excludes halogenated alkanes) is 1. The minimum Gasteiger partial charge on any atom is -0.385 e. The first-order chi connectivity index (χ1) is 16.5. The molecule has 6 heteroatoms. The second-order valence-corrected chi connectivity index (χ2v) is 11.0. The number of rotatable bonds is 12. The van der Waals surface area contributed by atoms with E-state index in [-0.39, 0.29) is 12.0 Å². The van der Waals surface area contributed by atoms with Gasteiger partial charge in [-0.1, -0.05) is 62.4 Å². The van der Waals surface area contributed by atoms with Crippen LogP contribution in [-0.2, 0) is 10.3 Å². The fraction of sp³-hybridized carbons (Fsp3) is 0.750. The van der Waals surface area contributed by atoms with Crippen LogP contribution < -0.4 is 11.1 Å². The zero-order chi connectivity index (χ0) is 24.4. The van der Waals surface area contributed by atoms with E-state index < -0.39 is 5.60 Å². The maximum Gasteiger partial charge on any atom is 0.166 e. The maximum absolute atomic E-state index is 12.5. The quantitative estimate of drug-likeness (QED) is 0.289. The van der Waals surface area contributed by atoms with Crippen LogP contribution in [0, 0.1) is 17.8 Å². The van der Waals surface area contributed by atoms with E-state index in [9.17, 15) is 5.11 Å². The van der Waals surface area contributed by atoms with Crippen molar-refractivity contribution in [3.63, 3.8) is 0 Å². The molecule has 1 saturated heterocycles. The van der Waals surface area contributed by atoms with Gasteiger partial charge >= 0.3 is 0 Å². The molecule has 0 aromatic heterocycles. The normalized spacial score (nSPS) is 24.5. The number of ether oxygens (including phenoxy) is 1. The van der Waals surface area contributed by atoms with Crippen LogP contribution in [0.5, 0.6) is 0 Å². The number of benzene rings is 1. The molecule has 192 valence electrons. The van der Waals surface area contributed by atoms with E-state index in [2.05, 4.69) is 22.3 Å². The summed E-state index contributed by atoms with van der Waals surface area (Å²) in [4.78, 5) is 2.26. The van der Waals surface area contributed by atoms with Crippen LogP contribution >= 0.6 is 12.2 Å². The summed E-state index contributed by atoms with van der Waals surface area (Å²) in [6.45, 7) is 2.53. The topological polar surface area (TPSA) is 70.8 Å². The molecule has 1 heterocycles. The van der Waals surface area contributed by atoms with Gasteiger partial charge in [0, 0.05) is 32.2 Å². The summed E-state index contributed by atoms with van der Waals surface area (Å²) < 4.78 is 5.30. The zero-order valence-corrected chi connectivity index (χ0v) is 22.2. The van der Waals surface area contributed by atoms with Gasteiger partial charge in [-0.25, -0.2) is 0 Å². The number of nitrogens with one attached hydrogen (secondary N) is 1. The molecule has 1 saturated carbocycles. The molecule has 3 rings (SSSR count). The fourth-order valence-electron chi connectivity index (χ4n) is 6.75. The lowest BCUT2D eigenvalue weighted by molar-refractivity contribution is -0.0901. The number of nitrogens with zero attached hydrogens (tertiary/aromatic N) is 1. The van der Waals surface area contributed by atoms with E-state index in [0.717, 1.165) is 63.3 Å². The zero-order valence-electron chi connectivity index (χ0n) is 21.4. The van der Waals surface area contributed by atoms with Crippen LogP contribution in [0.2, 0.25) is 0 Å². The van der Waals surface area contributed by atoms with Crippen LogP contribution in [0.4, 0.5) is 0 Å². The highest BCUT2D eigenvalue weighted by Gasteiger charge is 2.49. The van der Waals surface area contributed by atoms with Gasteiger partial charge in [-0.15, -0.1) is 0 Å². The second-order valence-electron chi connectivity index (χ2n) is 10.6. The molecule has 0 radical (unpaired) electrons. The number of methoxy groups -OCH3 is 1. The van der Waals surface area contributed by atoms with Crippen LogP contribution in [-0.4, -0.2) is 55.0 Å². The molecular weight excluding hydrogens is 442 g/mol. The van der Waals surface area contributed by atoms with Gasteiger partial charge in [0.15, 0.2) is 5.11 Å². The third-order valence-corrected chi connectivity index (χ3v) is 8.56. The van der Waals surface area contributed by atoms with E-state index in [1.807, 2.05) is 25.2 Å². The molecular formula is C28H47N3O2S. The molecule has 1 aliphatic heterocycles. The molecule has 1 aromatic rings. The Morgan fingerprint density at radius 3 is 2.56 bits per heavy atom. The molecule has 4 atom stereocenters. The van der Waals surface area contributed by atoms with Crippen molar-refractivity contribution in [1.82, 2.24) is 10.2 Å². The number of likely N-dealkylation sites (tertiary alicyclic amines) is 1. The Balaban J connectivity index is 1.96. The Kier molecular flexibility index (Phi) is 11.1. The van der Waals surface area contributed by atoms with Gasteiger partial charge in [0.25, 0.3) is 0 Å². The van der Waals surface area contributed by atoms with Gasteiger partial charge < -0.3 is 25.8 Å². The highest BCUT2D eigenvalue weighted by molar-refractivity contribution is 7.80. The molecule has 1 aromatic carbocycles. The van der Waals surface area contributed by atoms with Gasteiger partial charge in [0.05, 0.1) is 5.60 Å². The first-order valence-corrected chi connectivity index (χ1v) is 13.9. The average Bonchev–Trinajstić information content (AvgIpc) is 2.87. The molecule has 5 nitrogen and oxygen atoms in total. The van der Waals surface area contributed by atoms with E-state index in [0.29, 0.717) is 11.0 Å². The number of piperidine rings is 1. The number of thiocarbonyl (C=S) groups is 1. The predicted molar refractivity (Wildman–Crippen MR) is 145 cm³/mol. The van der Waals surface area contributed by atoms with E-state index in [1.54, 1.807) is 7.11 Å². The number of hydrogen-bond acceptors (Lipinski definition) is 4. The highest BCUT2D eigenvalue weighted by atomic mass is 32.1. The van der Waals surface area contributed by atoms with E-state index in [1.165, 1.54) is 38.5 Å². The largest absolute Gasteiger partial charge is 0.385 e. The van der Waals surface area contributed by atoms with Crippen molar-refractivity contribution >= 4 is 17.3 Å². The molecule has 4 N–H and O–H groups in total. The van der Waals surface area contributed by atoms with Crippen molar-refractivity contribution < 1.29 is 9.84 Å². The van der Waals surface area contributed by atoms with E-state index in [4.69, 9.17) is 22.7 Å². The molecule has 0 bridgehead atoms. The summed E-state index contributed by atoms with van der Waals surface area (Å²) in [6.07, 6.45) is 12.5. The first kappa shape index (κ1) is 27.4. The molecule has 2 fully saturated rings. The molecule has 2 aliphatic rings. The Morgan fingerprint density at radius 1 is 1.18 bits per heavy atom. The van der Waals surface area contributed by atoms with Crippen molar-refractivity contribution in [2.45, 2.75) is 82.3 Å². The number of hydrogen-bond donors (Lipinski definition) is 3. The van der Waals surface area contributed by atoms with Crippen molar-refractivity contribution in [1.29, 1.82) is 0 Å². The van der Waals surface area contributed by atoms with Crippen molar-refractivity contribution in [2.75, 3.05) is 33.9 Å².